The standard InChI is InChI=1S/C19H28N2O3/c1-6-8-15(12-18(22-5)23-7-2)13-21(4)19-20-16-10-9-14(3)11-17(16)24-19/h8-11,18H,6-7,12-13H2,1-5H3/b15-8+. The van der Waals surface area contributed by atoms with Crippen molar-refractivity contribution in [3.8, 4) is 0 Å². The van der Waals surface area contributed by atoms with Crippen molar-refractivity contribution in [1.82, 2.24) is 4.98 Å². The molecule has 0 N–H and O–H groups in total. The molecule has 1 unspecified atom stereocenters. The van der Waals surface area contributed by atoms with E-state index in [0.29, 0.717) is 12.6 Å². The van der Waals surface area contributed by atoms with Crippen molar-refractivity contribution >= 4 is 17.1 Å². The number of hydrogen-bond acceptors (Lipinski definition) is 5. The van der Waals surface area contributed by atoms with E-state index in [-0.39, 0.29) is 6.29 Å². The third-order valence-electron chi connectivity index (χ3n) is 3.84. The van der Waals surface area contributed by atoms with Gasteiger partial charge in [-0.15, -0.1) is 0 Å². The van der Waals surface area contributed by atoms with Crippen LogP contribution in [0.2, 0.25) is 0 Å². The lowest BCUT2D eigenvalue weighted by atomic mass is 10.1. The van der Waals surface area contributed by atoms with Crippen LogP contribution in [-0.4, -0.2) is 38.6 Å². The number of benzene rings is 1. The molecule has 2 aromatic rings. The zero-order valence-electron chi connectivity index (χ0n) is 15.3. The molecule has 24 heavy (non-hydrogen) atoms. The summed E-state index contributed by atoms with van der Waals surface area (Å²) in [4.78, 5) is 6.60. The molecule has 0 aliphatic carbocycles. The Labute approximate surface area is 144 Å². The summed E-state index contributed by atoms with van der Waals surface area (Å²) in [7, 11) is 3.67. The lowest BCUT2D eigenvalue weighted by Gasteiger charge is -2.21. The Bertz CT molecular complexity index is 678. The van der Waals surface area contributed by atoms with Crippen LogP contribution in [0.1, 0.15) is 32.3 Å². The van der Waals surface area contributed by atoms with Crippen molar-refractivity contribution in [2.75, 3.05) is 32.2 Å². The number of anilines is 1. The molecule has 1 aromatic carbocycles. The molecule has 0 spiro atoms. The Morgan fingerprint density at radius 2 is 2.17 bits per heavy atom. The van der Waals surface area contributed by atoms with E-state index in [1.807, 2.05) is 44.0 Å². The maximum absolute atomic E-state index is 5.89. The molecule has 0 aliphatic heterocycles. The second kappa shape index (κ2) is 8.85. The molecular weight excluding hydrogens is 304 g/mol. The number of nitrogens with zero attached hydrogens (tertiary/aromatic N) is 2. The first-order valence-corrected chi connectivity index (χ1v) is 8.48. The van der Waals surface area contributed by atoms with E-state index < -0.39 is 0 Å². The van der Waals surface area contributed by atoms with Gasteiger partial charge in [0.25, 0.3) is 6.01 Å². The minimum atomic E-state index is -0.215. The Kier molecular flexibility index (Phi) is 6.82. The lowest BCUT2D eigenvalue weighted by Crippen LogP contribution is -2.24. The third kappa shape index (κ3) is 4.82. The molecular formula is C19H28N2O3. The smallest absolute Gasteiger partial charge is 0.298 e. The van der Waals surface area contributed by atoms with E-state index in [1.54, 1.807) is 7.11 Å². The molecule has 5 nitrogen and oxygen atoms in total. The molecule has 0 amide bonds. The van der Waals surface area contributed by atoms with E-state index >= 15 is 0 Å². The Balaban J connectivity index is 2.11. The average molecular weight is 332 g/mol. The van der Waals surface area contributed by atoms with Crippen LogP contribution in [0.4, 0.5) is 6.01 Å². The van der Waals surface area contributed by atoms with Crippen LogP contribution in [0.5, 0.6) is 0 Å². The first-order valence-electron chi connectivity index (χ1n) is 8.48. The number of methoxy groups -OCH3 is 1. The molecule has 0 radical (unpaired) electrons. The summed E-state index contributed by atoms with van der Waals surface area (Å²) in [5.41, 5.74) is 4.12. The van der Waals surface area contributed by atoms with E-state index in [0.717, 1.165) is 30.5 Å². The molecule has 0 fully saturated rings. The van der Waals surface area contributed by atoms with Gasteiger partial charge in [-0.1, -0.05) is 19.1 Å². The minimum absolute atomic E-state index is 0.215. The average Bonchev–Trinajstić information content (AvgIpc) is 2.97. The number of likely N-dealkylation sites (N-methyl/N-ethyl adjacent to an activating group) is 1. The zero-order chi connectivity index (χ0) is 17.5. The molecule has 1 aromatic heterocycles. The summed E-state index contributed by atoms with van der Waals surface area (Å²) in [5, 5.41) is 0. The van der Waals surface area contributed by atoms with Gasteiger partial charge in [-0.3, -0.25) is 0 Å². The van der Waals surface area contributed by atoms with Gasteiger partial charge in [-0.2, -0.15) is 4.98 Å². The quantitative estimate of drug-likeness (QED) is 0.506. The molecule has 0 bridgehead atoms. The highest BCUT2D eigenvalue weighted by molar-refractivity contribution is 5.75. The van der Waals surface area contributed by atoms with Crippen molar-refractivity contribution in [3.05, 3.63) is 35.4 Å². The molecule has 132 valence electrons. The van der Waals surface area contributed by atoms with E-state index in [1.165, 1.54) is 11.1 Å². The summed E-state index contributed by atoms with van der Waals surface area (Å²) in [6.45, 7) is 7.52. The highest BCUT2D eigenvalue weighted by Crippen LogP contribution is 2.23. The number of ether oxygens (including phenoxy) is 2. The van der Waals surface area contributed by atoms with Gasteiger partial charge in [0, 0.05) is 33.7 Å². The fraction of sp³-hybridized carbons (Fsp3) is 0.526. The number of oxazole rings is 1. The summed E-state index contributed by atoms with van der Waals surface area (Å²) >= 11 is 0. The van der Waals surface area contributed by atoms with Gasteiger partial charge in [-0.25, -0.2) is 0 Å². The number of aryl methyl sites for hydroxylation is 1. The van der Waals surface area contributed by atoms with Crippen LogP contribution >= 0.6 is 0 Å². The highest BCUT2D eigenvalue weighted by Gasteiger charge is 2.15. The van der Waals surface area contributed by atoms with Crippen molar-refractivity contribution in [3.63, 3.8) is 0 Å². The molecule has 0 saturated heterocycles. The number of allylic oxidation sites excluding steroid dienone is 1. The SMILES string of the molecule is CC/C=C(\CC(OC)OCC)CN(C)c1nc2ccc(C)cc2o1. The van der Waals surface area contributed by atoms with E-state index in [4.69, 9.17) is 13.9 Å². The molecule has 0 saturated carbocycles. The summed E-state index contributed by atoms with van der Waals surface area (Å²) < 4.78 is 16.9. The molecule has 1 heterocycles. The first kappa shape index (κ1) is 18.5. The van der Waals surface area contributed by atoms with E-state index in [2.05, 4.69) is 18.0 Å². The lowest BCUT2D eigenvalue weighted by molar-refractivity contribution is -0.118. The second-order valence-electron chi connectivity index (χ2n) is 5.92. The van der Waals surface area contributed by atoms with Crippen LogP contribution in [0.25, 0.3) is 11.1 Å². The second-order valence-corrected chi connectivity index (χ2v) is 5.92. The number of fused-ring (bicyclic) bond motifs is 1. The largest absolute Gasteiger partial charge is 0.423 e. The Hall–Kier alpha value is -1.85. The maximum atomic E-state index is 5.89. The van der Waals surface area contributed by atoms with Gasteiger partial charge in [0.1, 0.15) is 5.52 Å². The number of rotatable bonds is 9. The number of aromatic nitrogens is 1. The van der Waals surface area contributed by atoms with Crippen molar-refractivity contribution in [1.29, 1.82) is 0 Å². The monoisotopic (exact) mass is 332 g/mol. The Morgan fingerprint density at radius 3 is 2.83 bits per heavy atom. The third-order valence-corrected chi connectivity index (χ3v) is 3.84. The fourth-order valence-electron chi connectivity index (χ4n) is 2.67. The first-order chi connectivity index (χ1) is 11.6. The topological polar surface area (TPSA) is 47.7 Å². The summed E-state index contributed by atoms with van der Waals surface area (Å²) in [6.07, 6.45) is 3.71. The van der Waals surface area contributed by atoms with Gasteiger partial charge in [0.15, 0.2) is 11.9 Å². The zero-order valence-corrected chi connectivity index (χ0v) is 15.3. The predicted octanol–water partition coefficient (Wildman–Crippen LogP) is 4.31. The van der Waals surface area contributed by atoms with Crippen LogP contribution in [0.15, 0.2) is 34.3 Å². The molecule has 5 heteroatoms. The maximum Gasteiger partial charge on any atom is 0.298 e. The molecule has 1 atom stereocenters. The Morgan fingerprint density at radius 1 is 1.38 bits per heavy atom. The van der Waals surface area contributed by atoms with Gasteiger partial charge in [-0.05, 0) is 43.5 Å². The van der Waals surface area contributed by atoms with Crippen molar-refractivity contribution < 1.29 is 13.9 Å². The van der Waals surface area contributed by atoms with Gasteiger partial charge < -0.3 is 18.8 Å². The normalized spacial score (nSPS) is 13.5. The van der Waals surface area contributed by atoms with Gasteiger partial charge in [0.2, 0.25) is 0 Å². The minimum Gasteiger partial charge on any atom is -0.423 e. The van der Waals surface area contributed by atoms with Crippen LogP contribution < -0.4 is 4.90 Å². The highest BCUT2D eigenvalue weighted by atomic mass is 16.7. The van der Waals surface area contributed by atoms with Gasteiger partial charge >= 0.3 is 0 Å². The fourth-order valence-corrected chi connectivity index (χ4v) is 2.67. The van der Waals surface area contributed by atoms with Crippen molar-refractivity contribution in [2.24, 2.45) is 0 Å². The number of hydrogen-bond donors (Lipinski definition) is 0. The van der Waals surface area contributed by atoms with Crippen LogP contribution in [0.3, 0.4) is 0 Å². The summed E-state index contributed by atoms with van der Waals surface area (Å²) in [6, 6.07) is 6.67. The predicted molar refractivity (Wildman–Crippen MR) is 97.4 cm³/mol. The summed E-state index contributed by atoms with van der Waals surface area (Å²) in [5.74, 6) is 0. The van der Waals surface area contributed by atoms with Gasteiger partial charge in [0.05, 0.1) is 0 Å². The molecule has 2 rings (SSSR count). The van der Waals surface area contributed by atoms with Crippen molar-refractivity contribution in [2.45, 2.75) is 39.9 Å². The van der Waals surface area contributed by atoms with E-state index in [9.17, 15) is 0 Å². The van der Waals surface area contributed by atoms with Crippen LogP contribution in [-0.2, 0) is 9.47 Å². The molecule has 0 aliphatic rings. The van der Waals surface area contributed by atoms with Crippen LogP contribution in [0, 0.1) is 6.92 Å².